The monoisotopic (exact) mass is 517 g/mol. The van der Waals surface area contributed by atoms with E-state index in [4.69, 9.17) is 14.2 Å². The summed E-state index contributed by atoms with van der Waals surface area (Å²) >= 11 is 0. The normalized spacial score (nSPS) is 20.4. The van der Waals surface area contributed by atoms with Gasteiger partial charge in [0.15, 0.2) is 0 Å². The predicted octanol–water partition coefficient (Wildman–Crippen LogP) is 4.82. The molecule has 0 saturated carbocycles. The van der Waals surface area contributed by atoms with Gasteiger partial charge in [0.1, 0.15) is 23.9 Å². The standard InChI is InChI=1S/C30H35N3O5/c1-20-17-31-21(2)19-37-27-15-12-23(16-26(27)30(35)33(3)18-28(20)36-4)32-29(34)22-10-13-25(14-11-22)38-24-8-6-5-7-9-24/h5-16,20-21,28,31H,17-19H2,1-4H3,(H,32,34)/t20-,21-,28-/m0/s1. The summed E-state index contributed by atoms with van der Waals surface area (Å²) in [6, 6.07) is 21.5. The number of methoxy groups -OCH3 is 1. The summed E-state index contributed by atoms with van der Waals surface area (Å²) in [6.45, 7) is 5.72. The molecule has 3 aromatic carbocycles. The van der Waals surface area contributed by atoms with Gasteiger partial charge in [-0.25, -0.2) is 0 Å². The van der Waals surface area contributed by atoms with Gasteiger partial charge < -0.3 is 29.7 Å². The summed E-state index contributed by atoms with van der Waals surface area (Å²) in [6.07, 6.45) is -0.121. The second-order valence-electron chi connectivity index (χ2n) is 9.66. The highest BCUT2D eigenvalue weighted by Gasteiger charge is 2.25. The fourth-order valence-electron chi connectivity index (χ4n) is 4.24. The number of benzene rings is 3. The smallest absolute Gasteiger partial charge is 0.257 e. The molecular formula is C30H35N3O5. The van der Waals surface area contributed by atoms with E-state index in [9.17, 15) is 9.59 Å². The van der Waals surface area contributed by atoms with E-state index < -0.39 is 0 Å². The van der Waals surface area contributed by atoms with Crippen molar-refractivity contribution in [3.05, 3.63) is 83.9 Å². The first kappa shape index (κ1) is 27.2. The van der Waals surface area contributed by atoms with Crippen LogP contribution in [0.15, 0.2) is 72.8 Å². The molecule has 0 fully saturated rings. The maximum atomic E-state index is 13.4. The number of rotatable bonds is 5. The van der Waals surface area contributed by atoms with E-state index in [1.165, 1.54) is 0 Å². The average Bonchev–Trinajstić information content (AvgIpc) is 2.93. The minimum Gasteiger partial charge on any atom is -0.491 e. The van der Waals surface area contributed by atoms with Crippen LogP contribution in [0, 0.1) is 5.92 Å². The van der Waals surface area contributed by atoms with Crippen molar-refractivity contribution in [3.63, 3.8) is 0 Å². The fourth-order valence-corrected chi connectivity index (χ4v) is 4.24. The van der Waals surface area contributed by atoms with Gasteiger partial charge in [-0.15, -0.1) is 0 Å². The highest BCUT2D eigenvalue weighted by molar-refractivity contribution is 6.05. The summed E-state index contributed by atoms with van der Waals surface area (Å²) < 4.78 is 17.5. The molecule has 0 spiro atoms. The molecular weight excluding hydrogens is 482 g/mol. The first-order valence-corrected chi connectivity index (χ1v) is 12.8. The zero-order valence-corrected chi connectivity index (χ0v) is 22.3. The molecule has 2 N–H and O–H groups in total. The molecule has 3 aromatic rings. The Morgan fingerprint density at radius 2 is 1.74 bits per heavy atom. The van der Waals surface area contributed by atoms with Gasteiger partial charge in [-0.2, -0.15) is 0 Å². The Balaban J connectivity index is 1.51. The van der Waals surface area contributed by atoms with Gasteiger partial charge in [0.25, 0.3) is 11.8 Å². The van der Waals surface area contributed by atoms with E-state index >= 15 is 0 Å². The predicted molar refractivity (Wildman–Crippen MR) is 147 cm³/mol. The molecule has 0 bridgehead atoms. The zero-order valence-electron chi connectivity index (χ0n) is 22.3. The van der Waals surface area contributed by atoms with Crippen molar-refractivity contribution < 1.29 is 23.8 Å². The second kappa shape index (κ2) is 12.6. The molecule has 0 radical (unpaired) electrons. The Labute approximate surface area is 223 Å². The van der Waals surface area contributed by atoms with E-state index in [2.05, 4.69) is 17.6 Å². The van der Waals surface area contributed by atoms with Crippen molar-refractivity contribution in [2.24, 2.45) is 5.92 Å². The van der Waals surface area contributed by atoms with Crippen LogP contribution < -0.4 is 20.1 Å². The van der Waals surface area contributed by atoms with Crippen LogP contribution in [0.3, 0.4) is 0 Å². The first-order valence-electron chi connectivity index (χ1n) is 12.8. The minimum atomic E-state index is -0.294. The molecule has 1 heterocycles. The highest BCUT2D eigenvalue weighted by atomic mass is 16.5. The molecule has 0 aliphatic carbocycles. The average molecular weight is 518 g/mol. The van der Waals surface area contributed by atoms with Crippen molar-refractivity contribution in [1.82, 2.24) is 10.2 Å². The Bertz CT molecular complexity index is 1230. The number of hydrogen-bond donors (Lipinski definition) is 2. The van der Waals surface area contributed by atoms with Crippen molar-refractivity contribution in [2.45, 2.75) is 26.0 Å². The molecule has 0 unspecified atom stereocenters. The highest BCUT2D eigenvalue weighted by Crippen LogP contribution is 2.27. The van der Waals surface area contributed by atoms with Crippen LogP contribution in [0.4, 0.5) is 5.69 Å². The maximum absolute atomic E-state index is 13.4. The van der Waals surface area contributed by atoms with Crippen LogP contribution in [0.25, 0.3) is 0 Å². The van der Waals surface area contributed by atoms with Crippen molar-refractivity contribution in [3.8, 4) is 17.2 Å². The zero-order chi connectivity index (χ0) is 27.1. The Hall–Kier alpha value is -3.88. The number of nitrogens with one attached hydrogen (secondary N) is 2. The van der Waals surface area contributed by atoms with Crippen molar-refractivity contribution in [2.75, 3.05) is 39.2 Å². The third kappa shape index (κ3) is 6.90. The lowest BCUT2D eigenvalue weighted by Gasteiger charge is -2.30. The molecule has 1 aliphatic rings. The number of fused-ring (bicyclic) bond motifs is 1. The summed E-state index contributed by atoms with van der Waals surface area (Å²) in [4.78, 5) is 28.0. The topological polar surface area (TPSA) is 89.1 Å². The van der Waals surface area contributed by atoms with Gasteiger partial charge in [0, 0.05) is 44.5 Å². The van der Waals surface area contributed by atoms with Crippen LogP contribution in [-0.2, 0) is 4.74 Å². The second-order valence-corrected chi connectivity index (χ2v) is 9.66. The van der Waals surface area contributed by atoms with Crippen LogP contribution in [0.5, 0.6) is 17.2 Å². The number of carbonyl (C=O) groups is 2. The van der Waals surface area contributed by atoms with Gasteiger partial charge in [0.05, 0.1) is 11.7 Å². The lowest BCUT2D eigenvalue weighted by atomic mass is 10.0. The van der Waals surface area contributed by atoms with Gasteiger partial charge in [-0.05, 0) is 67.4 Å². The Morgan fingerprint density at radius 3 is 2.45 bits per heavy atom. The lowest BCUT2D eigenvalue weighted by Crippen LogP contribution is -2.44. The summed E-state index contributed by atoms with van der Waals surface area (Å²) in [5.74, 6) is 1.53. The number of ether oxygens (including phenoxy) is 3. The van der Waals surface area contributed by atoms with Crippen LogP contribution in [-0.4, -0.2) is 62.7 Å². The number of likely N-dealkylation sites (N-methyl/N-ethyl adjacent to an activating group) is 1. The van der Waals surface area contributed by atoms with Gasteiger partial charge in [-0.3, -0.25) is 9.59 Å². The van der Waals surface area contributed by atoms with E-state index in [-0.39, 0.29) is 29.9 Å². The van der Waals surface area contributed by atoms with E-state index in [1.54, 1.807) is 61.5 Å². The third-order valence-electron chi connectivity index (χ3n) is 6.58. The van der Waals surface area contributed by atoms with E-state index in [1.807, 2.05) is 37.3 Å². The van der Waals surface area contributed by atoms with Gasteiger partial charge in [0.2, 0.25) is 0 Å². The number of nitrogens with zero attached hydrogens (tertiary/aromatic N) is 1. The summed E-state index contributed by atoms with van der Waals surface area (Å²) in [5.41, 5.74) is 1.35. The van der Waals surface area contributed by atoms with Crippen molar-refractivity contribution >= 4 is 17.5 Å². The minimum absolute atomic E-state index is 0.0864. The SMILES string of the molecule is CO[C@H]1CN(C)C(=O)c2cc(NC(=O)c3ccc(Oc4ccccc4)cc3)ccc2OC[C@H](C)NC[C@@H]1C. The molecule has 0 aromatic heterocycles. The summed E-state index contributed by atoms with van der Waals surface area (Å²) in [5, 5.41) is 6.36. The van der Waals surface area contributed by atoms with Crippen LogP contribution in [0.2, 0.25) is 0 Å². The maximum Gasteiger partial charge on any atom is 0.257 e. The molecule has 8 nitrogen and oxygen atoms in total. The van der Waals surface area contributed by atoms with Crippen LogP contribution >= 0.6 is 0 Å². The number of hydrogen-bond acceptors (Lipinski definition) is 6. The largest absolute Gasteiger partial charge is 0.491 e. The Kier molecular flexibility index (Phi) is 8.99. The van der Waals surface area contributed by atoms with Gasteiger partial charge >= 0.3 is 0 Å². The molecule has 2 amide bonds. The van der Waals surface area contributed by atoms with Gasteiger partial charge in [-0.1, -0.05) is 25.1 Å². The van der Waals surface area contributed by atoms with E-state index in [0.717, 1.165) is 12.3 Å². The molecule has 4 rings (SSSR count). The first-order chi connectivity index (χ1) is 18.3. The van der Waals surface area contributed by atoms with E-state index in [0.29, 0.717) is 41.5 Å². The number of anilines is 1. The molecule has 3 atom stereocenters. The number of carbonyl (C=O) groups excluding carboxylic acids is 2. The Morgan fingerprint density at radius 1 is 1.03 bits per heavy atom. The number of amides is 2. The molecule has 38 heavy (non-hydrogen) atoms. The lowest BCUT2D eigenvalue weighted by molar-refractivity contribution is 0.0281. The number of para-hydroxylation sites is 1. The molecule has 200 valence electrons. The molecule has 8 heteroatoms. The van der Waals surface area contributed by atoms with Crippen LogP contribution in [0.1, 0.15) is 34.6 Å². The summed E-state index contributed by atoms with van der Waals surface area (Å²) in [7, 11) is 3.41. The third-order valence-corrected chi connectivity index (χ3v) is 6.58. The molecule has 0 saturated heterocycles. The fraction of sp³-hybridized carbons (Fsp3) is 0.333. The molecule has 1 aliphatic heterocycles. The quantitative estimate of drug-likeness (QED) is 0.504. The van der Waals surface area contributed by atoms with Crippen molar-refractivity contribution in [1.29, 1.82) is 0 Å².